The Morgan fingerprint density at radius 2 is 1.93 bits per heavy atom. The van der Waals surface area contributed by atoms with Crippen LogP contribution in [0.1, 0.15) is 11.1 Å². The lowest BCUT2D eigenvalue weighted by atomic mass is 10.2. The van der Waals surface area contributed by atoms with Crippen LogP contribution < -0.4 is 4.74 Å². The number of ether oxygens (including phenoxy) is 1. The van der Waals surface area contributed by atoms with Gasteiger partial charge in [-0.05, 0) is 25.0 Å². The average Bonchev–Trinajstić information content (AvgIpc) is 2.04. The normalized spacial score (nSPS) is 11.6. The number of pyridine rings is 1. The molecule has 0 saturated heterocycles. The number of halogens is 4. The Bertz CT molecular complexity index is 351. The largest absolute Gasteiger partial charge is 0.574 e. The minimum atomic E-state index is -4.77. The SMILES string of the molecule is Cc1cnc(OC(F)(F)F)c(Cl)c1C. The Hall–Kier alpha value is -0.970. The number of hydrogen-bond acceptors (Lipinski definition) is 2. The van der Waals surface area contributed by atoms with Crippen molar-refractivity contribution in [2.75, 3.05) is 0 Å². The number of alkyl halides is 3. The Morgan fingerprint density at radius 3 is 2.43 bits per heavy atom. The van der Waals surface area contributed by atoms with E-state index in [2.05, 4.69) is 9.72 Å². The highest BCUT2D eigenvalue weighted by molar-refractivity contribution is 6.32. The van der Waals surface area contributed by atoms with Crippen molar-refractivity contribution < 1.29 is 17.9 Å². The zero-order chi connectivity index (χ0) is 10.9. The zero-order valence-electron chi connectivity index (χ0n) is 7.44. The van der Waals surface area contributed by atoms with Crippen LogP contribution in [-0.2, 0) is 0 Å². The number of rotatable bonds is 1. The molecule has 0 aliphatic heterocycles. The number of hydrogen-bond donors (Lipinski definition) is 0. The fraction of sp³-hybridized carbons (Fsp3) is 0.375. The van der Waals surface area contributed by atoms with Crippen LogP contribution in [0.3, 0.4) is 0 Å². The van der Waals surface area contributed by atoms with Crippen LogP contribution in [0.4, 0.5) is 13.2 Å². The maximum absolute atomic E-state index is 11.8. The third-order valence-electron chi connectivity index (χ3n) is 1.70. The molecule has 6 heteroatoms. The van der Waals surface area contributed by atoms with E-state index < -0.39 is 12.2 Å². The van der Waals surface area contributed by atoms with Gasteiger partial charge >= 0.3 is 6.36 Å². The molecule has 14 heavy (non-hydrogen) atoms. The van der Waals surface area contributed by atoms with Gasteiger partial charge in [0.05, 0.1) is 0 Å². The maximum atomic E-state index is 11.8. The molecule has 0 saturated carbocycles. The molecule has 2 nitrogen and oxygen atoms in total. The molecular weight excluding hydrogens is 219 g/mol. The molecule has 1 rings (SSSR count). The molecule has 0 aliphatic carbocycles. The van der Waals surface area contributed by atoms with Gasteiger partial charge in [0.1, 0.15) is 5.02 Å². The van der Waals surface area contributed by atoms with Crippen LogP contribution in [0.15, 0.2) is 6.20 Å². The zero-order valence-corrected chi connectivity index (χ0v) is 8.20. The fourth-order valence-electron chi connectivity index (χ4n) is 0.823. The molecule has 0 atom stereocenters. The Morgan fingerprint density at radius 1 is 1.36 bits per heavy atom. The predicted octanol–water partition coefficient (Wildman–Crippen LogP) is 3.25. The van der Waals surface area contributed by atoms with Crippen LogP contribution in [0.25, 0.3) is 0 Å². The molecular formula is C8H7ClF3NO. The van der Waals surface area contributed by atoms with Crippen molar-refractivity contribution in [1.29, 1.82) is 0 Å². The van der Waals surface area contributed by atoms with Crippen molar-refractivity contribution >= 4 is 11.6 Å². The quantitative estimate of drug-likeness (QED) is 0.732. The molecule has 0 radical (unpaired) electrons. The van der Waals surface area contributed by atoms with Gasteiger partial charge in [0.15, 0.2) is 0 Å². The second-order valence-corrected chi connectivity index (χ2v) is 3.11. The van der Waals surface area contributed by atoms with Crippen molar-refractivity contribution in [2.24, 2.45) is 0 Å². The lowest BCUT2D eigenvalue weighted by Crippen LogP contribution is -2.18. The lowest BCUT2D eigenvalue weighted by molar-refractivity contribution is -0.276. The van der Waals surface area contributed by atoms with Crippen molar-refractivity contribution in [3.05, 3.63) is 22.3 Å². The summed E-state index contributed by atoms with van der Waals surface area (Å²) in [5, 5.41) is -0.109. The highest BCUT2D eigenvalue weighted by Crippen LogP contribution is 2.31. The summed E-state index contributed by atoms with van der Waals surface area (Å²) < 4.78 is 39.1. The summed E-state index contributed by atoms with van der Waals surface area (Å²) in [4.78, 5) is 3.45. The van der Waals surface area contributed by atoms with Crippen LogP contribution in [0, 0.1) is 13.8 Å². The van der Waals surface area contributed by atoms with E-state index in [0.717, 1.165) is 0 Å². The Kier molecular flexibility index (Phi) is 2.89. The molecule has 0 aromatic carbocycles. The summed E-state index contributed by atoms with van der Waals surface area (Å²) in [6, 6.07) is 0. The van der Waals surface area contributed by atoms with Crippen molar-refractivity contribution in [3.63, 3.8) is 0 Å². The van der Waals surface area contributed by atoms with E-state index in [4.69, 9.17) is 11.6 Å². The van der Waals surface area contributed by atoms with Crippen LogP contribution >= 0.6 is 11.6 Å². The topological polar surface area (TPSA) is 22.1 Å². The average molecular weight is 226 g/mol. The molecule has 1 heterocycles. The summed E-state index contributed by atoms with van der Waals surface area (Å²) in [6.07, 6.45) is -3.49. The van der Waals surface area contributed by atoms with Gasteiger partial charge in [-0.15, -0.1) is 13.2 Å². The summed E-state index contributed by atoms with van der Waals surface area (Å²) in [5.74, 6) is -0.609. The standard InChI is InChI=1S/C8H7ClF3NO/c1-4-3-13-7(6(9)5(4)2)14-8(10,11)12/h3H,1-2H3. The summed E-state index contributed by atoms with van der Waals surface area (Å²) in [5.41, 5.74) is 1.24. The highest BCUT2D eigenvalue weighted by Gasteiger charge is 2.33. The van der Waals surface area contributed by atoms with E-state index in [9.17, 15) is 13.2 Å². The molecule has 78 valence electrons. The number of aryl methyl sites for hydroxylation is 1. The smallest absolute Gasteiger partial charge is 0.386 e. The van der Waals surface area contributed by atoms with Gasteiger partial charge in [0.2, 0.25) is 5.88 Å². The fourth-order valence-corrected chi connectivity index (χ4v) is 1.06. The Labute approximate surface area is 83.7 Å². The van der Waals surface area contributed by atoms with Gasteiger partial charge < -0.3 is 4.74 Å². The van der Waals surface area contributed by atoms with Gasteiger partial charge in [-0.3, -0.25) is 0 Å². The first-order valence-electron chi connectivity index (χ1n) is 3.68. The monoisotopic (exact) mass is 225 g/mol. The van der Waals surface area contributed by atoms with Crippen molar-refractivity contribution in [2.45, 2.75) is 20.2 Å². The van der Waals surface area contributed by atoms with Gasteiger partial charge in [0, 0.05) is 6.20 Å². The van der Waals surface area contributed by atoms with Gasteiger partial charge in [-0.25, -0.2) is 4.98 Å². The molecule has 0 aliphatic rings. The number of aromatic nitrogens is 1. The molecule has 1 aromatic heterocycles. The summed E-state index contributed by atoms with van der Waals surface area (Å²) in [7, 11) is 0. The van der Waals surface area contributed by atoms with E-state index >= 15 is 0 Å². The van der Waals surface area contributed by atoms with E-state index in [1.165, 1.54) is 6.20 Å². The number of nitrogens with zero attached hydrogens (tertiary/aromatic N) is 1. The molecule has 1 aromatic rings. The first kappa shape index (κ1) is 11.1. The van der Waals surface area contributed by atoms with Crippen LogP contribution in [0.5, 0.6) is 5.88 Å². The van der Waals surface area contributed by atoms with Gasteiger partial charge in [0.25, 0.3) is 0 Å². The highest BCUT2D eigenvalue weighted by atomic mass is 35.5. The van der Waals surface area contributed by atoms with Gasteiger partial charge in [-0.2, -0.15) is 0 Å². The molecule has 0 fully saturated rings. The second kappa shape index (κ2) is 3.65. The third kappa shape index (κ3) is 2.51. The first-order valence-corrected chi connectivity index (χ1v) is 4.06. The molecule has 0 bridgehead atoms. The molecule has 0 unspecified atom stereocenters. The van der Waals surface area contributed by atoms with E-state index in [0.29, 0.717) is 11.1 Å². The molecule has 0 amide bonds. The first-order chi connectivity index (χ1) is 6.31. The third-order valence-corrected chi connectivity index (χ3v) is 2.14. The predicted molar refractivity (Wildman–Crippen MR) is 45.4 cm³/mol. The summed E-state index contributed by atoms with van der Waals surface area (Å²) >= 11 is 5.62. The van der Waals surface area contributed by atoms with Crippen LogP contribution in [-0.4, -0.2) is 11.3 Å². The van der Waals surface area contributed by atoms with E-state index in [1.54, 1.807) is 13.8 Å². The van der Waals surface area contributed by atoms with Crippen molar-refractivity contribution in [1.82, 2.24) is 4.98 Å². The minimum absolute atomic E-state index is 0.109. The Balaban J connectivity index is 3.06. The minimum Gasteiger partial charge on any atom is -0.386 e. The maximum Gasteiger partial charge on any atom is 0.574 e. The van der Waals surface area contributed by atoms with Gasteiger partial charge in [-0.1, -0.05) is 11.6 Å². The second-order valence-electron chi connectivity index (χ2n) is 2.73. The lowest BCUT2D eigenvalue weighted by Gasteiger charge is -2.11. The molecule has 0 spiro atoms. The summed E-state index contributed by atoms with van der Waals surface area (Å²) in [6.45, 7) is 3.30. The van der Waals surface area contributed by atoms with Crippen molar-refractivity contribution in [3.8, 4) is 5.88 Å². The van der Waals surface area contributed by atoms with E-state index in [1.807, 2.05) is 0 Å². The molecule has 0 N–H and O–H groups in total. The van der Waals surface area contributed by atoms with E-state index in [-0.39, 0.29) is 5.02 Å². The van der Waals surface area contributed by atoms with Crippen LogP contribution in [0.2, 0.25) is 5.02 Å².